The quantitative estimate of drug-likeness (QED) is 0.342. The molecule has 0 aromatic heterocycles. The van der Waals surface area contributed by atoms with E-state index in [1.165, 1.54) is 24.3 Å². The first-order chi connectivity index (χ1) is 13.1. The van der Waals surface area contributed by atoms with E-state index >= 15 is 0 Å². The first kappa shape index (κ1) is 16.5. The lowest BCUT2D eigenvalue weighted by Crippen LogP contribution is -2.18. The predicted molar refractivity (Wildman–Crippen MR) is 94.1 cm³/mol. The summed E-state index contributed by atoms with van der Waals surface area (Å²) in [5, 5.41) is 0. The highest BCUT2D eigenvalue weighted by molar-refractivity contribution is 6.06. The zero-order valence-corrected chi connectivity index (χ0v) is 13.9. The number of esters is 3. The van der Waals surface area contributed by atoms with Crippen LogP contribution in [-0.2, 0) is 4.74 Å². The number of cyclic esters (lactones) is 2. The lowest BCUT2D eigenvalue weighted by molar-refractivity contribution is 0.0394. The number of para-hydroxylation sites is 3. The summed E-state index contributed by atoms with van der Waals surface area (Å²) in [4.78, 5) is 37.6. The van der Waals surface area contributed by atoms with E-state index in [1.807, 2.05) is 0 Å². The third-order valence-electron chi connectivity index (χ3n) is 3.93. The fourth-order valence-corrected chi connectivity index (χ4v) is 2.64. The molecule has 1 aliphatic rings. The van der Waals surface area contributed by atoms with Crippen molar-refractivity contribution in [1.29, 1.82) is 0 Å². The number of rotatable bonds is 0. The number of hydrogen-bond acceptors (Lipinski definition) is 6. The Morgan fingerprint density at radius 1 is 0.407 bits per heavy atom. The van der Waals surface area contributed by atoms with Crippen molar-refractivity contribution in [2.45, 2.75) is 0 Å². The van der Waals surface area contributed by atoms with Crippen molar-refractivity contribution in [2.24, 2.45) is 0 Å². The summed E-state index contributed by atoms with van der Waals surface area (Å²) in [7, 11) is 0. The van der Waals surface area contributed by atoms with E-state index < -0.39 is 17.9 Å². The van der Waals surface area contributed by atoms with Gasteiger partial charge >= 0.3 is 17.9 Å². The predicted octanol–water partition coefficient (Wildman–Crippen LogP) is 4.01. The number of carbonyl (C=O) groups is 3. The molecule has 0 saturated carbocycles. The van der Waals surface area contributed by atoms with Crippen molar-refractivity contribution < 1.29 is 28.6 Å². The van der Waals surface area contributed by atoms with Gasteiger partial charge in [-0.3, -0.25) is 0 Å². The molecular weight excluding hydrogens is 348 g/mol. The Balaban J connectivity index is 1.90. The summed E-state index contributed by atoms with van der Waals surface area (Å²) >= 11 is 0. The molecule has 4 rings (SSSR count). The maximum Gasteiger partial charge on any atom is 0.349 e. The van der Waals surface area contributed by atoms with Crippen LogP contribution < -0.4 is 9.47 Å². The summed E-state index contributed by atoms with van der Waals surface area (Å²) < 4.78 is 16.1. The standard InChI is InChI=1S/C21H12O6/c22-19-13-7-1-4-10-16(13)25-17-11-5-2-8-14(17)20(23)27-21(24)15-9-3-6-12-18(15)26-19/h1-12H. The van der Waals surface area contributed by atoms with Gasteiger partial charge in [-0.1, -0.05) is 36.4 Å². The molecule has 132 valence electrons. The third kappa shape index (κ3) is 3.16. The zero-order chi connectivity index (χ0) is 18.8. The van der Waals surface area contributed by atoms with Crippen LogP contribution in [0.1, 0.15) is 31.1 Å². The van der Waals surface area contributed by atoms with Gasteiger partial charge in [-0.25, -0.2) is 14.4 Å². The molecule has 3 aromatic carbocycles. The molecule has 0 saturated heterocycles. The lowest BCUT2D eigenvalue weighted by atomic mass is 10.1. The number of carbonyl (C=O) groups excluding carboxylic acids is 3. The molecule has 6 nitrogen and oxygen atoms in total. The molecule has 0 atom stereocenters. The molecule has 6 heteroatoms. The van der Waals surface area contributed by atoms with Crippen LogP contribution in [0, 0.1) is 0 Å². The average molecular weight is 360 g/mol. The third-order valence-corrected chi connectivity index (χ3v) is 3.93. The average Bonchev–Trinajstić information content (AvgIpc) is 2.68. The number of ether oxygens (including phenoxy) is 3. The summed E-state index contributed by atoms with van der Waals surface area (Å²) in [6.07, 6.45) is 0. The Morgan fingerprint density at radius 3 is 1.19 bits per heavy atom. The van der Waals surface area contributed by atoms with Crippen molar-refractivity contribution in [3.63, 3.8) is 0 Å². The molecule has 0 unspecified atom stereocenters. The van der Waals surface area contributed by atoms with Crippen LogP contribution in [0.25, 0.3) is 0 Å². The number of fused-ring (bicyclic) bond motifs is 3. The Kier molecular flexibility index (Phi) is 4.14. The molecule has 0 spiro atoms. The van der Waals surface area contributed by atoms with E-state index in [2.05, 4.69) is 0 Å². The molecule has 27 heavy (non-hydrogen) atoms. The van der Waals surface area contributed by atoms with Crippen LogP contribution in [0.3, 0.4) is 0 Å². The number of hydrogen-bond donors (Lipinski definition) is 0. The molecule has 0 amide bonds. The molecule has 1 heterocycles. The van der Waals surface area contributed by atoms with E-state index in [9.17, 15) is 14.4 Å². The minimum absolute atomic E-state index is 0.0102. The van der Waals surface area contributed by atoms with Crippen molar-refractivity contribution >= 4 is 17.9 Å². The van der Waals surface area contributed by atoms with Crippen molar-refractivity contribution in [3.8, 4) is 17.2 Å². The molecule has 0 bridgehead atoms. The summed E-state index contributed by atoms with van der Waals surface area (Å²) in [6, 6.07) is 18.8. The first-order valence-electron chi connectivity index (χ1n) is 8.07. The van der Waals surface area contributed by atoms with E-state index in [0.717, 1.165) is 0 Å². The monoisotopic (exact) mass is 360 g/mol. The minimum Gasteiger partial charge on any atom is -0.456 e. The molecule has 0 N–H and O–H groups in total. The largest absolute Gasteiger partial charge is 0.456 e. The van der Waals surface area contributed by atoms with Crippen LogP contribution >= 0.6 is 0 Å². The highest BCUT2D eigenvalue weighted by Crippen LogP contribution is 2.31. The highest BCUT2D eigenvalue weighted by Gasteiger charge is 2.25. The van der Waals surface area contributed by atoms with Gasteiger partial charge in [-0.05, 0) is 36.4 Å². The van der Waals surface area contributed by atoms with Crippen LogP contribution in [0.15, 0.2) is 72.8 Å². The fourth-order valence-electron chi connectivity index (χ4n) is 2.64. The topological polar surface area (TPSA) is 78.9 Å². The lowest BCUT2D eigenvalue weighted by Gasteiger charge is -2.15. The fraction of sp³-hybridized carbons (Fsp3) is 0. The molecule has 3 aromatic rings. The smallest absolute Gasteiger partial charge is 0.349 e. The summed E-state index contributed by atoms with van der Waals surface area (Å²) in [6.45, 7) is 0. The van der Waals surface area contributed by atoms with Crippen LogP contribution in [0.5, 0.6) is 17.2 Å². The molecular formula is C21H12O6. The van der Waals surface area contributed by atoms with E-state index in [-0.39, 0.29) is 33.9 Å². The summed E-state index contributed by atoms with van der Waals surface area (Å²) in [5.41, 5.74) is 0.186. The zero-order valence-electron chi connectivity index (χ0n) is 13.9. The van der Waals surface area contributed by atoms with Gasteiger partial charge in [-0.2, -0.15) is 0 Å². The second-order valence-corrected chi connectivity index (χ2v) is 5.66. The van der Waals surface area contributed by atoms with Gasteiger partial charge in [0, 0.05) is 0 Å². The van der Waals surface area contributed by atoms with E-state index in [1.54, 1.807) is 48.5 Å². The van der Waals surface area contributed by atoms with Crippen molar-refractivity contribution in [1.82, 2.24) is 0 Å². The first-order valence-corrected chi connectivity index (χ1v) is 8.07. The van der Waals surface area contributed by atoms with Gasteiger partial charge < -0.3 is 14.2 Å². The Hall–Kier alpha value is -3.93. The molecule has 0 aliphatic carbocycles. The maximum absolute atomic E-state index is 12.6. The van der Waals surface area contributed by atoms with Gasteiger partial charge in [-0.15, -0.1) is 0 Å². The normalized spacial score (nSPS) is 13.6. The molecule has 0 radical (unpaired) electrons. The van der Waals surface area contributed by atoms with E-state index in [4.69, 9.17) is 14.2 Å². The second kappa shape index (κ2) is 6.76. The van der Waals surface area contributed by atoms with Crippen molar-refractivity contribution in [3.05, 3.63) is 89.5 Å². The Labute approximate surface area is 153 Å². The van der Waals surface area contributed by atoms with Crippen molar-refractivity contribution in [2.75, 3.05) is 0 Å². The van der Waals surface area contributed by atoms with Crippen LogP contribution in [-0.4, -0.2) is 17.9 Å². The molecule has 1 aliphatic heterocycles. The minimum atomic E-state index is -0.924. The Morgan fingerprint density at radius 2 is 0.741 bits per heavy atom. The van der Waals surface area contributed by atoms with Gasteiger partial charge in [0.25, 0.3) is 0 Å². The van der Waals surface area contributed by atoms with Gasteiger partial charge in [0.1, 0.15) is 33.9 Å². The second-order valence-electron chi connectivity index (χ2n) is 5.66. The SMILES string of the molecule is O=C1OC(=O)c2ccccc2Oc2ccccc2C(=O)Oc2ccccc21. The summed E-state index contributed by atoms with van der Waals surface area (Å²) in [5.74, 6) is -2.13. The molecule has 0 fully saturated rings. The van der Waals surface area contributed by atoms with Crippen LogP contribution in [0.2, 0.25) is 0 Å². The Bertz CT molecular complexity index is 1070. The van der Waals surface area contributed by atoms with Crippen LogP contribution in [0.4, 0.5) is 0 Å². The number of benzene rings is 3. The van der Waals surface area contributed by atoms with Gasteiger partial charge in [0.05, 0.1) is 0 Å². The van der Waals surface area contributed by atoms with Gasteiger partial charge in [0.15, 0.2) is 0 Å². The van der Waals surface area contributed by atoms with E-state index in [0.29, 0.717) is 0 Å². The maximum atomic E-state index is 12.6. The van der Waals surface area contributed by atoms with Gasteiger partial charge in [0.2, 0.25) is 0 Å². The highest BCUT2D eigenvalue weighted by atomic mass is 16.6.